The third-order valence-electron chi connectivity index (χ3n) is 4.89. The van der Waals surface area contributed by atoms with E-state index in [1.54, 1.807) is 38.3 Å². The van der Waals surface area contributed by atoms with E-state index >= 15 is 0 Å². The smallest absolute Gasteiger partial charge is 0.325 e. The molecule has 0 spiro atoms. The number of methoxy groups -OCH3 is 1. The molecule has 8 heteroatoms. The van der Waals surface area contributed by atoms with Crippen molar-refractivity contribution in [1.82, 2.24) is 15.5 Å². The highest BCUT2D eigenvalue weighted by atomic mass is 35.5. The van der Waals surface area contributed by atoms with Crippen LogP contribution in [0.2, 0.25) is 5.02 Å². The van der Waals surface area contributed by atoms with Crippen LogP contribution in [0.3, 0.4) is 0 Å². The molecule has 1 aliphatic heterocycles. The highest BCUT2D eigenvalue weighted by Crippen LogP contribution is 2.29. The van der Waals surface area contributed by atoms with Crippen LogP contribution in [0.1, 0.15) is 18.1 Å². The fourth-order valence-electron chi connectivity index (χ4n) is 3.16. The van der Waals surface area contributed by atoms with Gasteiger partial charge >= 0.3 is 6.03 Å². The van der Waals surface area contributed by atoms with Crippen molar-refractivity contribution in [2.75, 3.05) is 20.2 Å². The Morgan fingerprint density at radius 1 is 1.14 bits per heavy atom. The average Bonchev–Trinajstić information content (AvgIpc) is 2.93. The maximum absolute atomic E-state index is 12.8. The molecule has 2 aromatic rings. The molecule has 3 rings (SSSR count). The number of benzene rings is 2. The van der Waals surface area contributed by atoms with Crippen molar-refractivity contribution < 1.29 is 19.1 Å². The van der Waals surface area contributed by atoms with Crippen molar-refractivity contribution in [3.05, 3.63) is 64.7 Å². The number of hydrogen-bond acceptors (Lipinski definition) is 4. The van der Waals surface area contributed by atoms with E-state index in [4.69, 9.17) is 16.3 Å². The molecule has 1 aliphatic rings. The predicted molar refractivity (Wildman–Crippen MR) is 109 cm³/mol. The van der Waals surface area contributed by atoms with Crippen molar-refractivity contribution in [2.24, 2.45) is 0 Å². The minimum atomic E-state index is -1.23. The Balaban J connectivity index is 1.56. The highest BCUT2D eigenvalue weighted by Gasteiger charge is 2.49. The lowest BCUT2D eigenvalue weighted by atomic mass is 9.92. The van der Waals surface area contributed by atoms with Crippen LogP contribution in [0.4, 0.5) is 4.79 Å². The third kappa shape index (κ3) is 4.51. The first kappa shape index (κ1) is 20.7. The Kier molecular flexibility index (Phi) is 6.08. The summed E-state index contributed by atoms with van der Waals surface area (Å²) in [6.45, 7) is 1.66. The first-order valence-corrected chi connectivity index (χ1v) is 9.51. The van der Waals surface area contributed by atoms with Crippen molar-refractivity contribution in [3.63, 3.8) is 0 Å². The lowest BCUT2D eigenvalue weighted by Crippen LogP contribution is -2.43. The summed E-state index contributed by atoms with van der Waals surface area (Å²) in [6.07, 6.45) is 0.623. The summed E-state index contributed by atoms with van der Waals surface area (Å²) < 4.78 is 5.11. The summed E-state index contributed by atoms with van der Waals surface area (Å²) in [5.41, 5.74) is 0.407. The molecule has 7 nitrogen and oxygen atoms in total. The number of amides is 4. The number of carbonyl (C=O) groups is 3. The molecule has 4 amide bonds. The summed E-state index contributed by atoms with van der Waals surface area (Å²) in [4.78, 5) is 38.3. The number of halogens is 1. The van der Waals surface area contributed by atoms with Gasteiger partial charge in [0.15, 0.2) is 0 Å². The molecule has 0 bridgehead atoms. The molecule has 0 aliphatic carbocycles. The average molecular weight is 416 g/mol. The lowest BCUT2D eigenvalue weighted by molar-refractivity contribution is -0.134. The first-order valence-electron chi connectivity index (χ1n) is 9.13. The second kappa shape index (κ2) is 8.53. The molecule has 1 unspecified atom stereocenters. The van der Waals surface area contributed by atoms with E-state index in [1.165, 1.54) is 0 Å². The Bertz CT molecular complexity index is 915. The van der Waals surface area contributed by atoms with E-state index < -0.39 is 23.4 Å². The molecule has 0 saturated carbocycles. The summed E-state index contributed by atoms with van der Waals surface area (Å²) in [7, 11) is 1.60. The van der Waals surface area contributed by atoms with Crippen LogP contribution in [-0.2, 0) is 21.5 Å². The second-order valence-electron chi connectivity index (χ2n) is 6.90. The number of rotatable bonds is 7. The van der Waals surface area contributed by atoms with Crippen LogP contribution < -0.4 is 15.4 Å². The number of hydrogen-bond donors (Lipinski definition) is 2. The molecule has 29 heavy (non-hydrogen) atoms. The number of urea groups is 1. The standard InChI is InChI=1S/C21H22ClN3O4/c1-21(15-5-7-16(22)8-6-15)19(27)25(20(28)24-21)13-18(26)23-12-11-14-3-9-17(29-2)10-4-14/h3-10H,11-13H2,1-2H3,(H,23,26)(H,24,28). The topological polar surface area (TPSA) is 87.7 Å². The SMILES string of the molecule is COc1ccc(CCNC(=O)CN2C(=O)NC(C)(c3ccc(Cl)cc3)C2=O)cc1. The Morgan fingerprint density at radius 3 is 2.41 bits per heavy atom. The van der Waals surface area contributed by atoms with E-state index in [9.17, 15) is 14.4 Å². The van der Waals surface area contributed by atoms with Gasteiger partial charge in [-0.2, -0.15) is 0 Å². The van der Waals surface area contributed by atoms with Gasteiger partial charge in [-0.15, -0.1) is 0 Å². The molecule has 1 heterocycles. The monoisotopic (exact) mass is 415 g/mol. The Morgan fingerprint density at radius 2 is 1.79 bits per heavy atom. The van der Waals surface area contributed by atoms with Gasteiger partial charge in [0.2, 0.25) is 5.91 Å². The lowest BCUT2D eigenvalue weighted by Gasteiger charge is -2.22. The Labute approximate surface area is 174 Å². The molecule has 0 aromatic heterocycles. The van der Waals surface area contributed by atoms with Crippen LogP contribution in [0.25, 0.3) is 0 Å². The van der Waals surface area contributed by atoms with Gasteiger partial charge in [-0.3, -0.25) is 14.5 Å². The van der Waals surface area contributed by atoms with Crippen LogP contribution in [-0.4, -0.2) is 42.9 Å². The summed E-state index contributed by atoms with van der Waals surface area (Å²) in [5, 5.41) is 5.94. The largest absolute Gasteiger partial charge is 0.497 e. The van der Waals surface area contributed by atoms with Gasteiger partial charge in [0.05, 0.1) is 7.11 Å². The van der Waals surface area contributed by atoms with Crippen molar-refractivity contribution in [2.45, 2.75) is 18.9 Å². The van der Waals surface area contributed by atoms with Gasteiger partial charge in [-0.25, -0.2) is 4.79 Å². The number of nitrogens with one attached hydrogen (secondary N) is 2. The van der Waals surface area contributed by atoms with Crippen molar-refractivity contribution in [1.29, 1.82) is 0 Å². The maximum atomic E-state index is 12.8. The molecule has 1 fully saturated rings. The molecule has 2 N–H and O–H groups in total. The fraction of sp³-hybridized carbons (Fsp3) is 0.286. The minimum absolute atomic E-state index is 0.337. The molecule has 152 valence electrons. The van der Waals surface area contributed by atoms with Gasteiger partial charge in [0, 0.05) is 11.6 Å². The van der Waals surface area contributed by atoms with Crippen molar-refractivity contribution in [3.8, 4) is 5.75 Å². The summed E-state index contributed by atoms with van der Waals surface area (Å²) >= 11 is 5.89. The zero-order valence-electron chi connectivity index (χ0n) is 16.2. The Hall–Kier alpha value is -3.06. The minimum Gasteiger partial charge on any atom is -0.497 e. The van der Waals surface area contributed by atoms with Crippen molar-refractivity contribution >= 4 is 29.4 Å². The van der Waals surface area contributed by atoms with Crippen LogP contribution in [0.15, 0.2) is 48.5 Å². The quantitative estimate of drug-likeness (QED) is 0.680. The molecule has 1 saturated heterocycles. The van der Waals surface area contributed by atoms with Gasteiger partial charge in [-0.1, -0.05) is 35.9 Å². The summed E-state index contributed by atoms with van der Waals surface area (Å²) in [5.74, 6) is -0.113. The number of imide groups is 1. The third-order valence-corrected chi connectivity index (χ3v) is 5.15. The zero-order chi connectivity index (χ0) is 21.0. The summed E-state index contributed by atoms with van der Waals surface area (Å²) in [6, 6.07) is 13.6. The number of carbonyl (C=O) groups excluding carboxylic acids is 3. The van der Waals surface area contributed by atoms with Gasteiger partial charge in [0.25, 0.3) is 5.91 Å². The van der Waals surface area contributed by atoms with Crippen LogP contribution >= 0.6 is 11.6 Å². The second-order valence-corrected chi connectivity index (χ2v) is 7.34. The normalized spacial score (nSPS) is 18.5. The maximum Gasteiger partial charge on any atom is 0.325 e. The van der Waals surface area contributed by atoms with Crippen LogP contribution in [0.5, 0.6) is 5.75 Å². The van der Waals surface area contributed by atoms with Crippen LogP contribution in [0, 0.1) is 0 Å². The molecule has 0 radical (unpaired) electrons. The zero-order valence-corrected chi connectivity index (χ0v) is 17.0. The van der Waals surface area contributed by atoms with E-state index in [2.05, 4.69) is 10.6 Å². The van der Waals surface area contributed by atoms with Gasteiger partial charge in [-0.05, 0) is 48.7 Å². The van der Waals surface area contributed by atoms with E-state index in [1.807, 2.05) is 24.3 Å². The van der Waals surface area contributed by atoms with Gasteiger partial charge in [0.1, 0.15) is 17.8 Å². The van der Waals surface area contributed by atoms with E-state index in [0.717, 1.165) is 16.2 Å². The van der Waals surface area contributed by atoms with E-state index in [-0.39, 0.29) is 6.54 Å². The van der Waals surface area contributed by atoms with E-state index in [0.29, 0.717) is 23.6 Å². The number of nitrogens with zero attached hydrogens (tertiary/aromatic N) is 1. The molecular weight excluding hydrogens is 394 g/mol. The predicted octanol–water partition coefficient (Wildman–Crippen LogP) is 2.47. The molecule has 1 atom stereocenters. The first-order chi connectivity index (χ1) is 13.8. The van der Waals surface area contributed by atoms with Gasteiger partial charge < -0.3 is 15.4 Å². The molecule has 2 aromatic carbocycles. The highest BCUT2D eigenvalue weighted by molar-refractivity contribution is 6.30. The fourth-order valence-corrected chi connectivity index (χ4v) is 3.28. The number of ether oxygens (including phenoxy) is 1. The molecular formula is C21H22ClN3O4.